The van der Waals surface area contributed by atoms with Gasteiger partial charge >= 0.3 is 5.97 Å². The maximum Gasteiger partial charge on any atom is 0.305 e. The topological polar surface area (TPSA) is 53.9 Å². The number of nitrogens with zero attached hydrogens (tertiary/aromatic N) is 2. The first-order chi connectivity index (χ1) is 9.56. The molecule has 0 radical (unpaired) electrons. The van der Waals surface area contributed by atoms with Crippen molar-refractivity contribution in [2.24, 2.45) is 16.8 Å². The van der Waals surface area contributed by atoms with Crippen LogP contribution in [0.25, 0.3) is 0 Å². The molecular weight excluding hydrogens is 381 g/mol. The molecule has 0 aromatic carbocycles. The van der Waals surface area contributed by atoms with Gasteiger partial charge in [0.15, 0.2) is 5.96 Å². The zero-order valence-electron chi connectivity index (χ0n) is 13.7. The van der Waals surface area contributed by atoms with Gasteiger partial charge in [0.1, 0.15) is 0 Å². The number of rotatable bonds is 5. The minimum absolute atomic E-state index is 0. The summed E-state index contributed by atoms with van der Waals surface area (Å²) in [5.74, 6) is 2.24. The second-order valence-corrected chi connectivity index (χ2v) is 5.73. The summed E-state index contributed by atoms with van der Waals surface area (Å²) >= 11 is 0. The molecule has 2 atom stereocenters. The molecule has 1 aliphatic rings. The van der Waals surface area contributed by atoms with Crippen molar-refractivity contribution in [2.75, 3.05) is 33.3 Å². The Morgan fingerprint density at radius 2 is 1.95 bits per heavy atom. The Morgan fingerprint density at radius 1 is 1.33 bits per heavy atom. The van der Waals surface area contributed by atoms with Crippen molar-refractivity contribution in [2.45, 2.75) is 40.0 Å². The van der Waals surface area contributed by atoms with Crippen LogP contribution in [-0.4, -0.2) is 50.1 Å². The quantitative estimate of drug-likeness (QED) is 0.248. The third-order valence-electron chi connectivity index (χ3n) is 3.53. The number of aliphatic imine (C=N–C) groups is 1. The van der Waals surface area contributed by atoms with Crippen molar-refractivity contribution in [3.05, 3.63) is 0 Å². The molecule has 1 saturated heterocycles. The van der Waals surface area contributed by atoms with Crippen LogP contribution in [0.1, 0.15) is 40.0 Å². The molecule has 0 aromatic heterocycles. The Bertz CT molecular complexity index is 327. The monoisotopic (exact) mass is 411 g/mol. The van der Waals surface area contributed by atoms with E-state index in [2.05, 4.69) is 29.1 Å². The van der Waals surface area contributed by atoms with E-state index in [-0.39, 0.29) is 29.9 Å². The molecule has 5 nitrogen and oxygen atoms in total. The third kappa shape index (κ3) is 7.87. The van der Waals surface area contributed by atoms with Crippen LogP contribution in [0.4, 0.5) is 0 Å². The molecule has 1 rings (SSSR count). The van der Waals surface area contributed by atoms with Crippen LogP contribution in [0, 0.1) is 11.8 Å². The van der Waals surface area contributed by atoms with Gasteiger partial charge in [-0.25, -0.2) is 0 Å². The van der Waals surface area contributed by atoms with Crippen molar-refractivity contribution in [3.63, 3.8) is 0 Å². The van der Waals surface area contributed by atoms with Gasteiger partial charge in [0.25, 0.3) is 0 Å². The average molecular weight is 411 g/mol. The Labute approximate surface area is 145 Å². The summed E-state index contributed by atoms with van der Waals surface area (Å²) in [4.78, 5) is 17.9. The van der Waals surface area contributed by atoms with Gasteiger partial charge in [-0.05, 0) is 31.6 Å². The largest absolute Gasteiger partial charge is 0.466 e. The van der Waals surface area contributed by atoms with Gasteiger partial charge in [-0.15, -0.1) is 24.0 Å². The molecule has 0 bridgehead atoms. The predicted molar refractivity (Wildman–Crippen MR) is 97.2 cm³/mol. The lowest BCUT2D eigenvalue weighted by Gasteiger charge is -2.37. The van der Waals surface area contributed by atoms with E-state index >= 15 is 0 Å². The highest BCUT2D eigenvalue weighted by atomic mass is 127. The van der Waals surface area contributed by atoms with Gasteiger partial charge in [-0.3, -0.25) is 9.79 Å². The zero-order chi connectivity index (χ0) is 15.0. The van der Waals surface area contributed by atoms with Crippen molar-refractivity contribution in [1.82, 2.24) is 10.2 Å². The zero-order valence-corrected chi connectivity index (χ0v) is 16.1. The molecule has 2 unspecified atom stereocenters. The SMILES string of the molecule is CCOC(=O)CCCNC(=NC)N1CC(C)CC(C)C1.I. The number of nitrogens with one attached hydrogen (secondary N) is 1. The fraction of sp³-hybridized carbons (Fsp3) is 0.867. The molecule has 0 aliphatic carbocycles. The molecule has 1 fully saturated rings. The Balaban J connectivity index is 0.00000400. The third-order valence-corrected chi connectivity index (χ3v) is 3.53. The van der Waals surface area contributed by atoms with E-state index in [0.717, 1.165) is 32.0 Å². The smallest absolute Gasteiger partial charge is 0.305 e. The van der Waals surface area contributed by atoms with E-state index in [1.54, 1.807) is 0 Å². The predicted octanol–water partition coefficient (Wildman–Crippen LogP) is 2.50. The van der Waals surface area contributed by atoms with Crippen LogP contribution in [0.3, 0.4) is 0 Å². The number of hydrogen-bond acceptors (Lipinski definition) is 3. The minimum Gasteiger partial charge on any atom is -0.466 e. The molecule has 0 saturated carbocycles. The van der Waals surface area contributed by atoms with Crippen LogP contribution in [-0.2, 0) is 9.53 Å². The number of halogens is 1. The van der Waals surface area contributed by atoms with Gasteiger partial charge in [-0.1, -0.05) is 13.8 Å². The Morgan fingerprint density at radius 3 is 2.48 bits per heavy atom. The molecule has 124 valence electrons. The van der Waals surface area contributed by atoms with E-state index in [1.807, 2.05) is 14.0 Å². The van der Waals surface area contributed by atoms with Crippen LogP contribution in [0.2, 0.25) is 0 Å². The summed E-state index contributed by atoms with van der Waals surface area (Å²) in [5, 5.41) is 3.35. The van der Waals surface area contributed by atoms with Gasteiger partial charge in [0.05, 0.1) is 6.61 Å². The molecule has 21 heavy (non-hydrogen) atoms. The summed E-state index contributed by atoms with van der Waals surface area (Å²) in [6.45, 7) is 9.73. The van der Waals surface area contributed by atoms with E-state index in [4.69, 9.17) is 4.74 Å². The normalized spacial score (nSPS) is 22.5. The lowest BCUT2D eigenvalue weighted by atomic mass is 9.92. The molecule has 6 heteroatoms. The highest BCUT2D eigenvalue weighted by molar-refractivity contribution is 14.0. The first-order valence-electron chi connectivity index (χ1n) is 7.68. The summed E-state index contributed by atoms with van der Waals surface area (Å²) in [5.41, 5.74) is 0. The van der Waals surface area contributed by atoms with Crippen LogP contribution in [0.15, 0.2) is 4.99 Å². The number of carbonyl (C=O) groups excluding carboxylic acids is 1. The Hall–Kier alpha value is -0.530. The second kappa shape index (κ2) is 11.1. The van der Waals surface area contributed by atoms with E-state index in [9.17, 15) is 4.79 Å². The molecule has 0 aromatic rings. The highest BCUT2D eigenvalue weighted by Crippen LogP contribution is 2.20. The number of hydrogen-bond donors (Lipinski definition) is 1. The number of likely N-dealkylation sites (tertiary alicyclic amines) is 1. The first-order valence-corrected chi connectivity index (χ1v) is 7.68. The van der Waals surface area contributed by atoms with Crippen molar-refractivity contribution in [1.29, 1.82) is 0 Å². The lowest BCUT2D eigenvalue weighted by Crippen LogP contribution is -2.48. The number of esters is 1. The fourth-order valence-corrected chi connectivity index (χ4v) is 2.83. The summed E-state index contributed by atoms with van der Waals surface area (Å²) in [6, 6.07) is 0. The average Bonchev–Trinajstić information content (AvgIpc) is 2.38. The number of guanidine groups is 1. The highest BCUT2D eigenvalue weighted by Gasteiger charge is 2.23. The van der Waals surface area contributed by atoms with Gasteiger partial charge < -0.3 is 15.0 Å². The number of carbonyl (C=O) groups is 1. The maximum atomic E-state index is 11.3. The lowest BCUT2D eigenvalue weighted by molar-refractivity contribution is -0.143. The fourth-order valence-electron chi connectivity index (χ4n) is 2.83. The van der Waals surface area contributed by atoms with Crippen molar-refractivity contribution >= 4 is 35.9 Å². The van der Waals surface area contributed by atoms with Gasteiger partial charge in [-0.2, -0.15) is 0 Å². The summed E-state index contributed by atoms with van der Waals surface area (Å²) in [6.07, 6.45) is 2.53. The van der Waals surface area contributed by atoms with Crippen LogP contribution >= 0.6 is 24.0 Å². The minimum atomic E-state index is -0.121. The maximum absolute atomic E-state index is 11.3. The molecule has 1 aliphatic heterocycles. The molecule has 0 amide bonds. The second-order valence-electron chi connectivity index (χ2n) is 5.73. The molecule has 1 heterocycles. The van der Waals surface area contributed by atoms with Gasteiger partial charge in [0.2, 0.25) is 0 Å². The molecular formula is C15H30IN3O2. The van der Waals surface area contributed by atoms with E-state index < -0.39 is 0 Å². The first kappa shape index (κ1) is 20.5. The number of piperidine rings is 1. The number of ether oxygens (including phenoxy) is 1. The van der Waals surface area contributed by atoms with Crippen LogP contribution in [0.5, 0.6) is 0 Å². The van der Waals surface area contributed by atoms with Gasteiger partial charge in [0, 0.05) is 33.1 Å². The summed E-state index contributed by atoms with van der Waals surface area (Å²) < 4.78 is 4.91. The molecule has 0 spiro atoms. The van der Waals surface area contributed by atoms with Crippen LogP contribution < -0.4 is 5.32 Å². The van der Waals surface area contributed by atoms with E-state index in [1.165, 1.54) is 6.42 Å². The van der Waals surface area contributed by atoms with E-state index in [0.29, 0.717) is 24.9 Å². The van der Waals surface area contributed by atoms with Crippen molar-refractivity contribution < 1.29 is 9.53 Å². The van der Waals surface area contributed by atoms with Crippen molar-refractivity contribution in [3.8, 4) is 0 Å². The molecule has 1 N–H and O–H groups in total. The Kier molecular flexibility index (Phi) is 10.8. The summed E-state index contributed by atoms with van der Waals surface area (Å²) in [7, 11) is 1.82. The standard InChI is InChI=1S/C15H29N3O2.HI/c1-5-20-14(19)7-6-8-17-15(16-4)18-10-12(2)9-13(3)11-18;/h12-13H,5-11H2,1-4H3,(H,16,17);1H.